The van der Waals surface area contributed by atoms with Gasteiger partial charge in [0.15, 0.2) is 0 Å². The summed E-state index contributed by atoms with van der Waals surface area (Å²) < 4.78 is 0. The number of hydrogen-bond acceptors (Lipinski definition) is 4. The van der Waals surface area contributed by atoms with Gasteiger partial charge in [0.05, 0.1) is 5.01 Å². The normalized spacial score (nSPS) is 10.7. The molecule has 3 nitrogen and oxygen atoms in total. The molecule has 0 bridgehead atoms. The minimum Gasteiger partial charge on any atom is -0.287 e. The smallest absolute Gasteiger partial charge is 0.212 e. The average Bonchev–Trinajstić information content (AvgIpc) is 2.84. The molecule has 0 aliphatic heterocycles. The summed E-state index contributed by atoms with van der Waals surface area (Å²) in [5, 5.41) is 4.59. The first-order valence-corrected chi connectivity index (χ1v) is 6.43. The minimum absolute atomic E-state index is 0.0436. The lowest BCUT2D eigenvalue weighted by molar-refractivity contribution is 0.103. The van der Waals surface area contributed by atoms with Crippen molar-refractivity contribution < 1.29 is 4.79 Å². The Morgan fingerprint density at radius 1 is 1.28 bits per heavy atom. The fourth-order valence-electron chi connectivity index (χ4n) is 1.92. The Kier molecular flexibility index (Phi) is 2.64. The summed E-state index contributed by atoms with van der Waals surface area (Å²) in [5.74, 6) is -0.0436. The zero-order valence-electron chi connectivity index (χ0n) is 9.75. The van der Waals surface area contributed by atoms with Crippen molar-refractivity contribution in [3.8, 4) is 0 Å². The van der Waals surface area contributed by atoms with Crippen LogP contribution in [-0.2, 0) is 0 Å². The number of fused-ring (bicyclic) bond motifs is 1. The zero-order valence-corrected chi connectivity index (χ0v) is 10.6. The van der Waals surface area contributed by atoms with Crippen LogP contribution in [0.15, 0.2) is 42.0 Å². The molecule has 3 aromatic rings. The Labute approximate surface area is 108 Å². The van der Waals surface area contributed by atoms with E-state index < -0.39 is 0 Å². The first-order chi connectivity index (χ1) is 8.75. The molecule has 0 spiro atoms. The highest BCUT2D eigenvalue weighted by Crippen LogP contribution is 2.21. The Balaban J connectivity index is 2.17. The summed E-state index contributed by atoms with van der Waals surface area (Å²) >= 11 is 1.49. The molecule has 18 heavy (non-hydrogen) atoms. The number of ketones is 1. The lowest BCUT2D eigenvalue weighted by atomic mass is 10.0. The van der Waals surface area contributed by atoms with Crippen LogP contribution in [-0.4, -0.2) is 15.8 Å². The number of pyridine rings is 1. The van der Waals surface area contributed by atoms with Crippen LogP contribution >= 0.6 is 11.3 Å². The number of carbonyl (C=O) groups is 1. The van der Waals surface area contributed by atoms with Gasteiger partial charge in [0.25, 0.3) is 0 Å². The van der Waals surface area contributed by atoms with Gasteiger partial charge in [-0.2, -0.15) is 0 Å². The van der Waals surface area contributed by atoms with E-state index in [0.29, 0.717) is 11.3 Å². The number of benzene rings is 1. The monoisotopic (exact) mass is 254 g/mol. The maximum absolute atomic E-state index is 12.4. The highest BCUT2D eigenvalue weighted by atomic mass is 32.1. The predicted octanol–water partition coefficient (Wildman–Crippen LogP) is 3.23. The second kappa shape index (κ2) is 4.31. The maximum Gasteiger partial charge on any atom is 0.212 e. The maximum atomic E-state index is 12.4. The number of rotatable bonds is 2. The predicted molar refractivity (Wildman–Crippen MR) is 72.0 cm³/mol. The van der Waals surface area contributed by atoms with E-state index in [4.69, 9.17) is 0 Å². The molecule has 0 unspecified atom stereocenters. The van der Waals surface area contributed by atoms with Gasteiger partial charge < -0.3 is 0 Å². The Morgan fingerprint density at radius 2 is 2.17 bits per heavy atom. The largest absolute Gasteiger partial charge is 0.287 e. The van der Waals surface area contributed by atoms with Crippen molar-refractivity contribution in [2.24, 2.45) is 0 Å². The van der Waals surface area contributed by atoms with E-state index in [0.717, 1.165) is 15.8 Å². The molecule has 4 heteroatoms. The molecule has 0 amide bonds. The van der Waals surface area contributed by atoms with E-state index in [1.165, 1.54) is 11.3 Å². The lowest BCUT2D eigenvalue weighted by Gasteiger charge is -2.03. The minimum atomic E-state index is -0.0436. The number of carbonyl (C=O) groups excluding carboxylic acids is 1. The molecule has 3 rings (SSSR count). The number of nitrogens with zero attached hydrogens (tertiary/aromatic N) is 2. The number of aromatic nitrogens is 2. The molecular weight excluding hydrogens is 244 g/mol. The second-order valence-electron chi connectivity index (χ2n) is 3.98. The summed E-state index contributed by atoms with van der Waals surface area (Å²) in [6.07, 6.45) is 3.45. The van der Waals surface area contributed by atoms with Crippen LogP contribution in [0.4, 0.5) is 0 Å². The van der Waals surface area contributed by atoms with Gasteiger partial charge in [-0.25, -0.2) is 4.98 Å². The first-order valence-electron chi connectivity index (χ1n) is 5.55. The van der Waals surface area contributed by atoms with E-state index in [1.807, 2.05) is 31.2 Å². The van der Waals surface area contributed by atoms with Gasteiger partial charge in [0, 0.05) is 28.7 Å². The van der Waals surface area contributed by atoms with Gasteiger partial charge in [-0.1, -0.05) is 18.2 Å². The van der Waals surface area contributed by atoms with Gasteiger partial charge in [-0.05, 0) is 18.4 Å². The van der Waals surface area contributed by atoms with Gasteiger partial charge in [-0.3, -0.25) is 9.78 Å². The standard InChI is InChI=1S/C14H10N2OS/c1-9-16-13(8-18-9)14(17)11-4-2-3-10-5-6-15-7-12(10)11/h2-8H,1H3. The van der Waals surface area contributed by atoms with Crippen molar-refractivity contribution in [1.82, 2.24) is 9.97 Å². The van der Waals surface area contributed by atoms with Crippen molar-refractivity contribution in [1.29, 1.82) is 0 Å². The lowest BCUT2D eigenvalue weighted by Crippen LogP contribution is -2.02. The van der Waals surface area contributed by atoms with Crippen molar-refractivity contribution in [3.63, 3.8) is 0 Å². The molecule has 0 aliphatic carbocycles. The Hall–Kier alpha value is -2.07. The van der Waals surface area contributed by atoms with Gasteiger partial charge in [0.2, 0.25) is 5.78 Å². The molecule has 0 saturated carbocycles. The second-order valence-corrected chi connectivity index (χ2v) is 5.05. The van der Waals surface area contributed by atoms with Crippen molar-refractivity contribution in [2.45, 2.75) is 6.92 Å². The summed E-state index contributed by atoms with van der Waals surface area (Å²) in [5.41, 5.74) is 1.17. The van der Waals surface area contributed by atoms with Crippen molar-refractivity contribution in [2.75, 3.05) is 0 Å². The number of hydrogen-bond donors (Lipinski definition) is 0. The molecule has 2 heterocycles. The van der Waals surface area contributed by atoms with Crippen LogP contribution in [0.25, 0.3) is 10.8 Å². The summed E-state index contributed by atoms with van der Waals surface area (Å²) in [6, 6.07) is 7.58. The van der Waals surface area contributed by atoms with Crippen LogP contribution in [0, 0.1) is 6.92 Å². The van der Waals surface area contributed by atoms with Gasteiger partial charge in [0.1, 0.15) is 5.69 Å². The molecule has 0 atom stereocenters. The molecule has 0 aliphatic rings. The van der Waals surface area contributed by atoms with Crippen molar-refractivity contribution in [3.05, 3.63) is 58.3 Å². The Bertz CT molecular complexity index is 728. The first kappa shape index (κ1) is 11.0. The third-order valence-corrected chi connectivity index (χ3v) is 3.55. The van der Waals surface area contributed by atoms with Crippen LogP contribution < -0.4 is 0 Å². The fourth-order valence-corrected chi connectivity index (χ4v) is 2.51. The highest BCUT2D eigenvalue weighted by molar-refractivity contribution is 7.09. The summed E-state index contributed by atoms with van der Waals surface area (Å²) in [6.45, 7) is 1.89. The molecule has 0 fully saturated rings. The highest BCUT2D eigenvalue weighted by Gasteiger charge is 2.14. The van der Waals surface area contributed by atoms with E-state index in [9.17, 15) is 4.79 Å². The van der Waals surface area contributed by atoms with E-state index >= 15 is 0 Å². The Morgan fingerprint density at radius 3 is 2.94 bits per heavy atom. The van der Waals surface area contributed by atoms with E-state index in [-0.39, 0.29) is 5.78 Å². The SMILES string of the molecule is Cc1nc(C(=O)c2cccc3ccncc23)cs1. The molecular formula is C14H10N2OS. The summed E-state index contributed by atoms with van der Waals surface area (Å²) in [7, 11) is 0. The number of thiazole rings is 1. The molecule has 0 radical (unpaired) electrons. The molecule has 88 valence electrons. The topological polar surface area (TPSA) is 42.9 Å². The van der Waals surface area contributed by atoms with Crippen LogP contribution in [0.3, 0.4) is 0 Å². The van der Waals surface area contributed by atoms with Crippen LogP contribution in [0.2, 0.25) is 0 Å². The summed E-state index contributed by atoms with van der Waals surface area (Å²) in [4.78, 5) is 20.7. The quantitative estimate of drug-likeness (QED) is 0.659. The third-order valence-electron chi connectivity index (χ3n) is 2.78. The molecule has 1 aromatic carbocycles. The molecule has 0 saturated heterocycles. The van der Waals surface area contributed by atoms with E-state index in [1.54, 1.807) is 17.8 Å². The number of aryl methyl sites for hydroxylation is 1. The fraction of sp³-hybridized carbons (Fsp3) is 0.0714. The zero-order chi connectivity index (χ0) is 12.5. The van der Waals surface area contributed by atoms with Crippen molar-refractivity contribution >= 4 is 27.9 Å². The molecule has 0 N–H and O–H groups in total. The average molecular weight is 254 g/mol. The van der Waals surface area contributed by atoms with Gasteiger partial charge in [-0.15, -0.1) is 11.3 Å². The van der Waals surface area contributed by atoms with Crippen LogP contribution in [0.5, 0.6) is 0 Å². The third kappa shape index (κ3) is 1.80. The van der Waals surface area contributed by atoms with Crippen LogP contribution in [0.1, 0.15) is 21.1 Å². The van der Waals surface area contributed by atoms with Gasteiger partial charge >= 0.3 is 0 Å². The van der Waals surface area contributed by atoms with E-state index in [2.05, 4.69) is 9.97 Å². The molecule has 2 aromatic heterocycles.